The summed E-state index contributed by atoms with van der Waals surface area (Å²) in [7, 11) is 0. The zero-order valence-corrected chi connectivity index (χ0v) is 10.4. The molecule has 1 fully saturated rings. The van der Waals surface area contributed by atoms with Gasteiger partial charge in [0.1, 0.15) is 0 Å². The lowest BCUT2D eigenvalue weighted by molar-refractivity contribution is -0.149. The van der Waals surface area contributed by atoms with E-state index in [1.54, 1.807) is 0 Å². The van der Waals surface area contributed by atoms with E-state index in [0.29, 0.717) is 19.5 Å². The molecule has 1 aliphatic heterocycles. The lowest BCUT2D eigenvalue weighted by Gasteiger charge is -2.24. The molecular weight excluding hydrogens is 220 g/mol. The molecule has 3 unspecified atom stereocenters. The van der Waals surface area contributed by atoms with Crippen LogP contribution in [0.5, 0.6) is 0 Å². The van der Waals surface area contributed by atoms with Crippen LogP contribution >= 0.6 is 0 Å². The van der Waals surface area contributed by atoms with Crippen molar-refractivity contribution in [1.82, 2.24) is 4.90 Å². The van der Waals surface area contributed by atoms with Gasteiger partial charge in [-0.3, -0.25) is 4.90 Å². The first-order valence-corrected chi connectivity index (χ1v) is 6.07. The van der Waals surface area contributed by atoms with Gasteiger partial charge in [0.15, 0.2) is 6.10 Å². The van der Waals surface area contributed by atoms with E-state index in [4.69, 9.17) is 15.1 Å². The van der Waals surface area contributed by atoms with Gasteiger partial charge in [0.05, 0.1) is 18.1 Å². The number of rotatable bonds is 6. The normalized spacial score (nSPS) is 25.8. The summed E-state index contributed by atoms with van der Waals surface area (Å²) in [6.07, 6.45) is 0.716. The minimum Gasteiger partial charge on any atom is -0.479 e. The average Bonchev–Trinajstić information content (AvgIpc) is 2.76. The van der Waals surface area contributed by atoms with Crippen LogP contribution in [-0.2, 0) is 9.53 Å². The van der Waals surface area contributed by atoms with E-state index in [1.807, 2.05) is 13.8 Å². The minimum atomic E-state index is -0.874. The van der Waals surface area contributed by atoms with Crippen molar-refractivity contribution in [1.29, 1.82) is 5.26 Å². The summed E-state index contributed by atoms with van der Waals surface area (Å²) in [6, 6.07) is 2.21. The third-order valence-electron chi connectivity index (χ3n) is 3.04. The number of hydrogen-bond acceptors (Lipinski definition) is 4. The highest BCUT2D eigenvalue weighted by Crippen LogP contribution is 2.20. The lowest BCUT2D eigenvalue weighted by Crippen LogP contribution is -2.35. The molecule has 3 atom stereocenters. The van der Waals surface area contributed by atoms with Gasteiger partial charge in [0, 0.05) is 13.1 Å². The number of carboxylic acid groups (broad SMARTS) is 1. The Kier molecular flexibility index (Phi) is 5.39. The molecule has 0 bridgehead atoms. The molecule has 5 nitrogen and oxygen atoms in total. The number of aliphatic carboxylic acids is 1. The summed E-state index contributed by atoms with van der Waals surface area (Å²) in [4.78, 5) is 12.9. The summed E-state index contributed by atoms with van der Waals surface area (Å²) in [6.45, 7) is 6.20. The Labute approximate surface area is 102 Å². The van der Waals surface area contributed by atoms with E-state index in [1.165, 1.54) is 0 Å². The molecule has 1 N–H and O–H groups in total. The fourth-order valence-electron chi connectivity index (χ4n) is 2.07. The van der Waals surface area contributed by atoms with Gasteiger partial charge in [-0.1, -0.05) is 6.92 Å². The first-order chi connectivity index (χ1) is 8.06. The van der Waals surface area contributed by atoms with Crippen LogP contribution in [0.4, 0.5) is 0 Å². The zero-order valence-electron chi connectivity index (χ0n) is 10.4. The van der Waals surface area contributed by atoms with Crippen LogP contribution in [0.2, 0.25) is 0 Å². The highest BCUT2D eigenvalue weighted by Gasteiger charge is 2.31. The van der Waals surface area contributed by atoms with Gasteiger partial charge in [-0.25, -0.2) is 4.79 Å². The lowest BCUT2D eigenvalue weighted by atomic mass is 10.1. The summed E-state index contributed by atoms with van der Waals surface area (Å²) in [5, 5.41) is 17.6. The highest BCUT2D eigenvalue weighted by atomic mass is 16.5. The second-order valence-electron chi connectivity index (χ2n) is 4.54. The number of nitrogens with zero attached hydrogens (tertiary/aromatic N) is 2. The molecule has 1 rings (SSSR count). The summed E-state index contributed by atoms with van der Waals surface area (Å²) in [5.41, 5.74) is 0. The maximum absolute atomic E-state index is 10.7. The molecule has 0 aliphatic carbocycles. The van der Waals surface area contributed by atoms with Crippen molar-refractivity contribution in [2.45, 2.75) is 38.9 Å². The molecule has 96 valence electrons. The van der Waals surface area contributed by atoms with Crippen LogP contribution in [0.3, 0.4) is 0 Å². The van der Waals surface area contributed by atoms with Gasteiger partial charge < -0.3 is 9.84 Å². The number of likely N-dealkylation sites (N-methyl/N-ethyl adjacent to an activating group) is 1. The Balaban J connectivity index is 2.37. The Morgan fingerprint density at radius 3 is 2.82 bits per heavy atom. The smallest absolute Gasteiger partial charge is 0.332 e. The molecule has 0 amide bonds. The molecule has 1 aliphatic rings. The highest BCUT2D eigenvalue weighted by molar-refractivity contribution is 5.72. The number of ether oxygens (including phenoxy) is 1. The van der Waals surface area contributed by atoms with Crippen molar-refractivity contribution in [3.8, 4) is 6.07 Å². The van der Waals surface area contributed by atoms with Crippen LogP contribution in [0, 0.1) is 17.2 Å². The zero-order chi connectivity index (χ0) is 12.8. The number of hydrogen-bond donors (Lipinski definition) is 1. The first kappa shape index (κ1) is 13.9. The van der Waals surface area contributed by atoms with E-state index in [-0.39, 0.29) is 12.0 Å². The van der Waals surface area contributed by atoms with Crippen LogP contribution in [-0.4, -0.2) is 47.8 Å². The Bertz CT molecular complexity index is 301. The third kappa shape index (κ3) is 4.33. The monoisotopic (exact) mass is 240 g/mol. The summed E-state index contributed by atoms with van der Waals surface area (Å²) >= 11 is 0. The fraction of sp³-hybridized carbons (Fsp3) is 0.833. The second kappa shape index (κ2) is 6.58. The van der Waals surface area contributed by atoms with Crippen LogP contribution < -0.4 is 0 Å². The molecular formula is C12H20N2O3. The van der Waals surface area contributed by atoms with Gasteiger partial charge in [0.2, 0.25) is 0 Å². The van der Waals surface area contributed by atoms with Crippen LogP contribution in [0.1, 0.15) is 26.7 Å². The van der Waals surface area contributed by atoms with E-state index >= 15 is 0 Å². The van der Waals surface area contributed by atoms with Gasteiger partial charge >= 0.3 is 5.97 Å². The maximum atomic E-state index is 10.7. The van der Waals surface area contributed by atoms with E-state index in [9.17, 15) is 4.79 Å². The number of carboxylic acids is 1. The topological polar surface area (TPSA) is 73.6 Å². The molecule has 0 spiro atoms. The number of nitriles is 1. The molecule has 0 aromatic rings. The van der Waals surface area contributed by atoms with Crippen molar-refractivity contribution in [3.05, 3.63) is 0 Å². The molecule has 0 aromatic carbocycles. The first-order valence-electron chi connectivity index (χ1n) is 6.07. The molecule has 0 radical (unpaired) electrons. The van der Waals surface area contributed by atoms with Crippen molar-refractivity contribution < 1.29 is 14.6 Å². The van der Waals surface area contributed by atoms with E-state index < -0.39 is 12.1 Å². The van der Waals surface area contributed by atoms with Crippen molar-refractivity contribution in [2.24, 2.45) is 5.92 Å². The fourth-order valence-corrected chi connectivity index (χ4v) is 2.07. The van der Waals surface area contributed by atoms with Crippen LogP contribution in [0.25, 0.3) is 0 Å². The summed E-state index contributed by atoms with van der Waals surface area (Å²) in [5.74, 6) is -0.882. The molecule has 1 saturated heterocycles. The Morgan fingerprint density at radius 1 is 1.65 bits per heavy atom. The van der Waals surface area contributed by atoms with Gasteiger partial charge in [-0.05, 0) is 26.3 Å². The minimum absolute atomic E-state index is 0.00776. The van der Waals surface area contributed by atoms with Crippen LogP contribution in [0.15, 0.2) is 0 Å². The predicted molar refractivity (Wildman–Crippen MR) is 62.4 cm³/mol. The molecule has 5 heteroatoms. The SMILES string of the molecule is CCN(CC(C)C#N)CC1CCC(C(=O)O)O1. The maximum Gasteiger partial charge on any atom is 0.332 e. The Hall–Kier alpha value is -1.12. The molecule has 1 heterocycles. The second-order valence-corrected chi connectivity index (χ2v) is 4.54. The van der Waals surface area contributed by atoms with E-state index in [2.05, 4.69) is 11.0 Å². The quantitative estimate of drug-likeness (QED) is 0.752. The van der Waals surface area contributed by atoms with Gasteiger partial charge in [0.25, 0.3) is 0 Å². The third-order valence-corrected chi connectivity index (χ3v) is 3.04. The summed E-state index contributed by atoms with van der Waals surface area (Å²) < 4.78 is 5.45. The van der Waals surface area contributed by atoms with Gasteiger partial charge in [-0.2, -0.15) is 5.26 Å². The van der Waals surface area contributed by atoms with Crippen molar-refractivity contribution in [2.75, 3.05) is 19.6 Å². The standard InChI is InChI=1S/C12H20N2O3/c1-3-14(7-9(2)6-13)8-10-4-5-11(17-10)12(15)16/h9-11H,3-5,7-8H2,1-2H3,(H,15,16). The van der Waals surface area contributed by atoms with Crippen molar-refractivity contribution in [3.63, 3.8) is 0 Å². The predicted octanol–water partition coefficient (Wildman–Crippen LogP) is 1.10. The molecule has 17 heavy (non-hydrogen) atoms. The molecule has 0 saturated carbocycles. The number of carbonyl (C=O) groups is 1. The molecule has 0 aromatic heterocycles. The van der Waals surface area contributed by atoms with Crippen molar-refractivity contribution >= 4 is 5.97 Å². The van der Waals surface area contributed by atoms with E-state index in [0.717, 1.165) is 13.0 Å². The van der Waals surface area contributed by atoms with Gasteiger partial charge in [-0.15, -0.1) is 0 Å². The largest absolute Gasteiger partial charge is 0.479 e. The average molecular weight is 240 g/mol. The Morgan fingerprint density at radius 2 is 2.35 bits per heavy atom.